The van der Waals surface area contributed by atoms with Crippen LogP contribution in [0.15, 0.2) is 20.8 Å². The number of H-pyrrole nitrogens is 1. The lowest BCUT2D eigenvalue weighted by atomic mass is 10.2. The van der Waals surface area contributed by atoms with Gasteiger partial charge in [0.2, 0.25) is 0 Å². The van der Waals surface area contributed by atoms with E-state index in [0.29, 0.717) is 0 Å². The van der Waals surface area contributed by atoms with Gasteiger partial charge in [0.25, 0.3) is 5.56 Å². The second kappa shape index (κ2) is 2.71. The minimum Gasteiger partial charge on any atom is -0.327 e. The van der Waals surface area contributed by atoms with Crippen LogP contribution in [0, 0.1) is 6.92 Å². The zero-order valence-electron chi connectivity index (χ0n) is 6.35. The van der Waals surface area contributed by atoms with Crippen molar-refractivity contribution in [1.82, 2.24) is 4.98 Å². The number of thiophene rings is 1. The quantitative estimate of drug-likeness (QED) is 0.759. The molecule has 0 aliphatic rings. The zero-order chi connectivity index (χ0) is 8.72. The van der Waals surface area contributed by atoms with Crippen molar-refractivity contribution in [2.45, 2.75) is 6.92 Å². The van der Waals surface area contributed by atoms with Crippen LogP contribution in [0.3, 0.4) is 0 Å². The van der Waals surface area contributed by atoms with Crippen LogP contribution in [0.25, 0.3) is 10.1 Å². The third-order valence-corrected chi connectivity index (χ3v) is 3.77. The summed E-state index contributed by atoms with van der Waals surface area (Å²) >= 11 is 4.97. The van der Waals surface area contributed by atoms with Crippen molar-refractivity contribution < 1.29 is 0 Å². The highest BCUT2D eigenvalue weighted by Crippen LogP contribution is 2.28. The molecule has 0 amide bonds. The maximum absolute atomic E-state index is 11.3. The number of fused-ring (bicyclic) bond motifs is 1. The molecule has 0 fully saturated rings. The largest absolute Gasteiger partial charge is 0.327 e. The average molecular weight is 244 g/mol. The topological polar surface area (TPSA) is 32.9 Å². The number of aryl methyl sites for hydroxylation is 1. The molecule has 2 aromatic rings. The van der Waals surface area contributed by atoms with Gasteiger partial charge >= 0.3 is 0 Å². The fourth-order valence-electron chi connectivity index (χ4n) is 1.17. The zero-order valence-corrected chi connectivity index (χ0v) is 8.75. The molecule has 0 saturated heterocycles. The minimum absolute atomic E-state index is 0.00745. The highest BCUT2D eigenvalue weighted by atomic mass is 79.9. The molecule has 1 N–H and O–H groups in total. The summed E-state index contributed by atoms with van der Waals surface area (Å²) in [6.45, 7) is 1.94. The molecular formula is C8H6BrNOS. The van der Waals surface area contributed by atoms with Crippen LogP contribution in [0.1, 0.15) is 5.56 Å². The highest BCUT2D eigenvalue weighted by molar-refractivity contribution is 9.10. The van der Waals surface area contributed by atoms with E-state index < -0.39 is 0 Å². The van der Waals surface area contributed by atoms with Crippen LogP contribution >= 0.6 is 27.3 Å². The standard InChI is InChI=1S/C8H6BrNOS/c1-4-3-12-7-5(9)2-10-8(11)6(4)7/h2-3H,1H3,(H,10,11). The smallest absolute Gasteiger partial charge is 0.257 e. The van der Waals surface area contributed by atoms with Gasteiger partial charge in [0, 0.05) is 6.20 Å². The number of nitrogens with one attached hydrogen (secondary N) is 1. The van der Waals surface area contributed by atoms with E-state index >= 15 is 0 Å². The first-order valence-corrected chi connectivity index (χ1v) is 5.12. The lowest BCUT2D eigenvalue weighted by molar-refractivity contribution is 1.26. The normalized spacial score (nSPS) is 10.8. The summed E-state index contributed by atoms with van der Waals surface area (Å²) in [5.74, 6) is 0. The molecule has 2 heterocycles. The molecule has 12 heavy (non-hydrogen) atoms. The van der Waals surface area contributed by atoms with Gasteiger partial charge in [-0.2, -0.15) is 0 Å². The number of hydrogen-bond acceptors (Lipinski definition) is 2. The molecule has 0 aliphatic carbocycles. The Labute approximate surface area is 81.4 Å². The first-order chi connectivity index (χ1) is 5.70. The third-order valence-electron chi connectivity index (χ3n) is 1.75. The van der Waals surface area contributed by atoms with E-state index in [0.717, 1.165) is 20.1 Å². The number of aromatic nitrogens is 1. The number of rotatable bonds is 0. The van der Waals surface area contributed by atoms with Crippen molar-refractivity contribution >= 4 is 37.4 Å². The Bertz CT molecular complexity index is 485. The Kier molecular flexibility index (Phi) is 1.81. The number of halogens is 1. The number of aromatic amines is 1. The second-order valence-electron chi connectivity index (χ2n) is 2.59. The summed E-state index contributed by atoms with van der Waals surface area (Å²) in [5, 5.41) is 2.79. The van der Waals surface area contributed by atoms with E-state index in [2.05, 4.69) is 20.9 Å². The molecule has 62 valence electrons. The van der Waals surface area contributed by atoms with Crippen LogP contribution in [-0.2, 0) is 0 Å². The van der Waals surface area contributed by atoms with Gasteiger partial charge in [0.05, 0.1) is 14.6 Å². The van der Waals surface area contributed by atoms with Gasteiger partial charge in [0.1, 0.15) is 0 Å². The Morgan fingerprint density at radius 1 is 1.58 bits per heavy atom. The van der Waals surface area contributed by atoms with E-state index in [1.54, 1.807) is 17.5 Å². The third kappa shape index (κ3) is 1.03. The van der Waals surface area contributed by atoms with Gasteiger partial charge in [-0.25, -0.2) is 0 Å². The van der Waals surface area contributed by atoms with Gasteiger partial charge in [0.15, 0.2) is 0 Å². The summed E-state index contributed by atoms with van der Waals surface area (Å²) in [5.41, 5.74) is 1.03. The molecule has 4 heteroatoms. The van der Waals surface area contributed by atoms with Gasteiger partial charge in [-0.1, -0.05) is 0 Å². The minimum atomic E-state index is -0.00745. The van der Waals surface area contributed by atoms with Crippen molar-refractivity contribution in [1.29, 1.82) is 0 Å². The molecule has 0 spiro atoms. The second-order valence-corrected chi connectivity index (χ2v) is 4.32. The van der Waals surface area contributed by atoms with Crippen molar-refractivity contribution in [3.8, 4) is 0 Å². The van der Waals surface area contributed by atoms with E-state index in [-0.39, 0.29) is 5.56 Å². The predicted octanol–water partition coefficient (Wildman–Crippen LogP) is 2.66. The first kappa shape index (κ1) is 8.01. The molecule has 0 unspecified atom stereocenters. The molecule has 0 aliphatic heterocycles. The predicted molar refractivity (Wildman–Crippen MR) is 54.9 cm³/mol. The lowest BCUT2D eigenvalue weighted by Crippen LogP contribution is -2.04. The molecule has 0 aromatic carbocycles. The Balaban J connectivity index is 3.09. The van der Waals surface area contributed by atoms with Crippen LogP contribution < -0.4 is 5.56 Å². The van der Waals surface area contributed by atoms with E-state index in [1.807, 2.05) is 12.3 Å². The van der Waals surface area contributed by atoms with Crippen LogP contribution in [0.5, 0.6) is 0 Å². The summed E-state index contributed by atoms with van der Waals surface area (Å²) < 4.78 is 1.98. The van der Waals surface area contributed by atoms with Gasteiger partial charge < -0.3 is 4.98 Å². The molecule has 2 aromatic heterocycles. The maximum Gasteiger partial charge on any atom is 0.257 e. The van der Waals surface area contributed by atoms with E-state index in [9.17, 15) is 4.79 Å². The monoisotopic (exact) mass is 243 g/mol. The Hall–Kier alpha value is -0.610. The summed E-state index contributed by atoms with van der Waals surface area (Å²) in [4.78, 5) is 14.0. The summed E-state index contributed by atoms with van der Waals surface area (Å²) in [6.07, 6.45) is 1.68. The average Bonchev–Trinajstić information content (AvgIpc) is 2.42. The van der Waals surface area contributed by atoms with E-state index in [1.165, 1.54) is 0 Å². The van der Waals surface area contributed by atoms with Crippen LogP contribution in [0.4, 0.5) is 0 Å². The summed E-state index contributed by atoms with van der Waals surface area (Å²) in [6, 6.07) is 0. The number of pyridine rings is 1. The van der Waals surface area contributed by atoms with Crippen molar-refractivity contribution in [2.24, 2.45) is 0 Å². The molecule has 0 radical (unpaired) electrons. The van der Waals surface area contributed by atoms with Gasteiger partial charge in [-0.3, -0.25) is 4.79 Å². The van der Waals surface area contributed by atoms with Gasteiger partial charge in [-0.15, -0.1) is 11.3 Å². The van der Waals surface area contributed by atoms with Crippen molar-refractivity contribution in [3.05, 3.63) is 32.0 Å². The Morgan fingerprint density at radius 2 is 2.33 bits per heavy atom. The first-order valence-electron chi connectivity index (χ1n) is 3.45. The number of hydrogen-bond donors (Lipinski definition) is 1. The fraction of sp³-hybridized carbons (Fsp3) is 0.125. The molecule has 0 bridgehead atoms. The molecule has 2 rings (SSSR count). The van der Waals surface area contributed by atoms with Crippen molar-refractivity contribution in [3.63, 3.8) is 0 Å². The van der Waals surface area contributed by atoms with Gasteiger partial charge in [-0.05, 0) is 33.8 Å². The SMILES string of the molecule is Cc1csc2c(Br)c[nH]c(=O)c12. The fourth-order valence-corrected chi connectivity index (χ4v) is 2.72. The molecular weight excluding hydrogens is 238 g/mol. The highest BCUT2D eigenvalue weighted by Gasteiger charge is 2.06. The molecule has 0 atom stereocenters. The van der Waals surface area contributed by atoms with E-state index in [4.69, 9.17) is 0 Å². The molecule has 0 saturated carbocycles. The van der Waals surface area contributed by atoms with Crippen molar-refractivity contribution in [2.75, 3.05) is 0 Å². The maximum atomic E-state index is 11.3. The van der Waals surface area contributed by atoms with Crippen LogP contribution in [-0.4, -0.2) is 4.98 Å². The lowest BCUT2D eigenvalue weighted by Gasteiger charge is -1.92. The molecule has 2 nitrogen and oxygen atoms in total. The summed E-state index contributed by atoms with van der Waals surface area (Å²) in [7, 11) is 0. The van der Waals surface area contributed by atoms with Crippen LogP contribution in [0.2, 0.25) is 0 Å². The Morgan fingerprint density at radius 3 is 3.00 bits per heavy atom.